The molecule has 3 nitrogen and oxygen atoms in total. The minimum Gasteiger partial charge on any atom is -0.478 e. The van der Waals surface area contributed by atoms with Crippen molar-refractivity contribution in [2.75, 3.05) is 0 Å². The minimum absolute atomic E-state index is 0.363. The largest absolute Gasteiger partial charge is 0.478 e. The number of aromatic amines is 1. The molecule has 1 aromatic heterocycles. The first-order chi connectivity index (χ1) is 9.60. The van der Waals surface area contributed by atoms with Crippen LogP contribution in [-0.4, -0.2) is 16.1 Å². The number of rotatable bonds is 5. The van der Waals surface area contributed by atoms with E-state index in [9.17, 15) is 9.90 Å². The van der Waals surface area contributed by atoms with E-state index in [4.69, 9.17) is 0 Å². The molecule has 0 spiro atoms. The van der Waals surface area contributed by atoms with Crippen molar-refractivity contribution in [3.63, 3.8) is 0 Å². The van der Waals surface area contributed by atoms with E-state index in [1.807, 2.05) is 19.2 Å². The number of nitrogens with one attached hydrogen (secondary N) is 1. The maximum atomic E-state index is 11.2. The van der Waals surface area contributed by atoms with E-state index in [1.165, 1.54) is 11.1 Å². The van der Waals surface area contributed by atoms with Gasteiger partial charge in [0, 0.05) is 22.7 Å². The van der Waals surface area contributed by atoms with Crippen LogP contribution in [0.3, 0.4) is 0 Å². The van der Waals surface area contributed by atoms with Gasteiger partial charge in [0.2, 0.25) is 0 Å². The molecule has 3 heteroatoms. The zero-order valence-electron chi connectivity index (χ0n) is 12.3. The van der Waals surface area contributed by atoms with E-state index < -0.39 is 5.97 Å². The maximum Gasteiger partial charge on any atom is 0.336 e. The van der Waals surface area contributed by atoms with Crippen LogP contribution < -0.4 is 0 Å². The number of hydrogen-bond donors (Lipinski definition) is 2. The van der Waals surface area contributed by atoms with Crippen LogP contribution in [-0.2, 0) is 0 Å². The van der Waals surface area contributed by atoms with Crippen molar-refractivity contribution in [2.45, 2.75) is 40.0 Å². The summed E-state index contributed by atoms with van der Waals surface area (Å²) in [5.41, 5.74) is 4.63. The van der Waals surface area contributed by atoms with Crippen LogP contribution in [0.15, 0.2) is 24.4 Å². The quantitative estimate of drug-likeness (QED) is 0.823. The standard InChI is InChI=1S/C17H21NO2/c1-4-6-12(7-5-2)15-10-18-16-11(3)13(17(19)20)8-9-14(15)16/h6,8-10,18H,4-5,7H2,1-3H3,(H,19,20)/b12-6+. The molecule has 0 saturated carbocycles. The summed E-state index contributed by atoms with van der Waals surface area (Å²) < 4.78 is 0. The summed E-state index contributed by atoms with van der Waals surface area (Å²) in [6.45, 7) is 6.17. The van der Waals surface area contributed by atoms with E-state index in [0.717, 1.165) is 35.7 Å². The lowest BCUT2D eigenvalue weighted by Crippen LogP contribution is -1.99. The van der Waals surface area contributed by atoms with Gasteiger partial charge >= 0.3 is 5.97 Å². The second kappa shape index (κ2) is 5.95. The number of allylic oxidation sites excluding steroid dienone is 2. The molecule has 0 aliphatic carbocycles. The highest BCUT2D eigenvalue weighted by atomic mass is 16.4. The Kier molecular flexibility index (Phi) is 4.28. The minimum atomic E-state index is -0.876. The Bertz CT molecular complexity index is 665. The van der Waals surface area contributed by atoms with Crippen LogP contribution in [0.1, 0.15) is 54.6 Å². The van der Waals surface area contributed by atoms with E-state index >= 15 is 0 Å². The summed E-state index contributed by atoms with van der Waals surface area (Å²) in [5.74, 6) is -0.876. The van der Waals surface area contributed by atoms with Crippen molar-refractivity contribution >= 4 is 22.4 Å². The summed E-state index contributed by atoms with van der Waals surface area (Å²) >= 11 is 0. The first-order valence-electron chi connectivity index (χ1n) is 7.13. The van der Waals surface area contributed by atoms with Gasteiger partial charge in [-0.3, -0.25) is 0 Å². The third-order valence-electron chi connectivity index (χ3n) is 3.66. The molecule has 0 unspecified atom stereocenters. The predicted molar refractivity (Wildman–Crippen MR) is 83.2 cm³/mol. The van der Waals surface area contributed by atoms with Crippen molar-refractivity contribution in [1.82, 2.24) is 4.98 Å². The highest BCUT2D eigenvalue weighted by Gasteiger charge is 2.14. The normalized spacial score (nSPS) is 12.1. The molecule has 0 aliphatic heterocycles. The molecular formula is C17H21NO2. The van der Waals surface area contributed by atoms with Crippen LogP contribution >= 0.6 is 0 Å². The molecule has 106 valence electrons. The Labute approximate surface area is 119 Å². The van der Waals surface area contributed by atoms with E-state index in [2.05, 4.69) is 24.9 Å². The molecule has 0 radical (unpaired) electrons. The number of fused-ring (bicyclic) bond motifs is 1. The topological polar surface area (TPSA) is 53.1 Å². The lowest BCUT2D eigenvalue weighted by atomic mass is 9.97. The first-order valence-corrected chi connectivity index (χ1v) is 7.13. The summed E-state index contributed by atoms with van der Waals surface area (Å²) in [7, 11) is 0. The van der Waals surface area contributed by atoms with Gasteiger partial charge in [0.15, 0.2) is 0 Å². The molecule has 2 aromatic rings. The fourth-order valence-electron chi connectivity index (χ4n) is 2.70. The molecule has 20 heavy (non-hydrogen) atoms. The number of carboxylic acids is 1. The second-order valence-corrected chi connectivity index (χ2v) is 5.06. The average molecular weight is 271 g/mol. The van der Waals surface area contributed by atoms with E-state index in [0.29, 0.717) is 5.56 Å². The average Bonchev–Trinajstić information content (AvgIpc) is 2.83. The van der Waals surface area contributed by atoms with Gasteiger partial charge in [0.05, 0.1) is 5.56 Å². The number of hydrogen-bond acceptors (Lipinski definition) is 1. The molecule has 2 N–H and O–H groups in total. The molecule has 1 aromatic carbocycles. The van der Waals surface area contributed by atoms with Crippen molar-refractivity contribution in [1.29, 1.82) is 0 Å². The van der Waals surface area contributed by atoms with Gasteiger partial charge in [-0.25, -0.2) is 4.79 Å². The van der Waals surface area contributed by atoms with Crippen LogP contribution in [0.2, 0.25) is 0 Å². The fourth-order valence-corrected chi connectivity index (χ4v) is 2.70. The number of aromatic carboxylic acids is 1. The number of benzene rings is 1. The van der Waals surface area contributed by atoms with Crippen molar-refractivity contribution in [3.05, 3.63) is 41.1 Å². The van der Waals surface area contributed by atoms with Crippen LogP contribution in [0, 0.1) is 6.92 Å². The molecule has 1 heterocycles. The third kappa shape index (κ3) is 2.48. The lowest BCUT2D eigenvalue weighted by Gasteiger charge is -2.06. The first kappa shape index (κ1) is 14.4. The molecule has 0 saturated heterocycles. The highest BCUT2D eigenvalue weighted by molar-refractivity contribution is 6.00. The molecule has 0 amide bonds. The van der Waals surface area contributed by atoms with Crippen LogP contribution in [0.4, 0.5) is 0 Å². The Morgan fingerprint density at radius 3 is 2.65 bits per heavy atom. The van der Waals surface area contributed by atoms with Crippen LogP contribution in [0.5, 0.6) is 0 Å². The van der Waals surface area contributed by atoms with Crippen molar-refractivity contribution < 1.29 is 9.90 Å². The van der Waals surface area contributed by atoms with E-state index in [-0.39, 0.29) is 0 Å². The van der Waals surface area contributed by atoms with Gasteiger partial charge in [0.25, 0.3) is 0 Å². The van der Waals surface area contributed by atoms with Gasteiger partial charge < -0.3 is 10.1 Å². The lowest BCUT2D eigenvalue weighted by molar-refractivity contribution is 0.0696. The Morgan fingerprint density at radius 1 is 1.30 bits per heavy atom. The highest BCUT2D eigenvalue weighted by Crippen LogP contribution is 2.31. The van der Waals surface area contributed by atoms with Gasteiger partial charge in [-0.15, -0.1) is 0 Å². The molecule has 0 bridgehead atoms. The van der Waals surface area contributed by atoms with Gasteiger partial charge in [-0.05, 0) is 37.0 Å². The molecule has 2 rings (SSSR count). The summed E-state index contributed by atoms with van der Waals surface area (Å²) in [4.78, 5) is 14.4. The smallest absolute Gasteiger partial charge is 0.336 e. The third-order valence-corrected chi connectivity index (χ3v) is 3.66. The van der Waals surface area contributed by atoms with Gasteiger partial charge in [0.1, 0.15) is 0 Å². The molecule has 0 fully saturated rings. The monoisotopic (exact) mass is 271 g/mol. The Hall–Kier alpha value is -2.03. The number of aromatic nitrogens is 1. The van der Waals surface area contributed by atoms with Crippen molar-refractivity contribution in [3.8, 4) is 0 Å². The summed E-state index contributed by atoms with van der Waals surface area (Å²) in [6, 6.07) is 3.61. The number of carbonyl (C=O) groups is 1. The predicted octanol–water partition coefficient (Wildman–Crippen LogP) is 4.77. The zero-order chi connectivity index (χ0) is 14.7. The molecule has 0 atom stereocenters. The molecule has 0 aliphatic rings. The van der Waals surface area contributed by atoms with Gasteiger partial charge in [-0.1, -0.05) is 32.4 Å². The Morgan fingerprint density at radius 2 is 2.05 bits per heavy atom. The van der Waals surface area contributed by atoms with Crippen LogP contribution in [0.25, 0.3) is 16.5 Å². The summed E-state index contributed by atoms with van der Waals surface area (Å²) in [5, 5.41) is 10.3. The summed E-state index contributed by atoms with van der Waals surface area (Å²) in [6.07, 6.45) is 7.41. The number of H-pyrrole nitrogens is 1. The SMILES string of the molecule is CC/C=C(\CCC)c1c[nH]c2c(C)c(C(=O)O)ccc12. The van der Waals surface area contributed by atoms with Crippen molar-refractivity contribution in [2.24, 2.45) is 0 Å². The molecular weight excluding hydrogens is 250 g/mol. The second-order valence-electron chi connectivity index (χ2n) is 5.06. The number of carboxylic acid groups (broad SMARTS) is 1. The maximum absolute atomic E-state index is 11.2. The van der Waals surface area contributed by atoms with Gasteiger partial charge in [-0.2, -0.15) is 0 Å². The Balaban J connectivity index is 2.61. The zero-order valence-corrected chi connectivity index (χ0v) is 12.3. The fraction of sp³-hybridized carbons (Fsp3) is 0.353. The van der Waals surface area contributed by atoms with E-state index in [1.54, 1.807) is 6.07 Å². The number of aryl methyl sites for hydroxylation is 1.